The van der Waals surface area contributed by atoms with Crippen LogP contribution in [0.25, 0.3) is 0 Å². The molecule has 1 aromatic heterocycles. The van der Waals surface area contributed by atoms with E-state index in [1.165, 1.54) is 10.9 Å². The number of rotatable bonds is 5. The van der Waals surface area contributed by atoms with Crippen molar-refractivity contribution in [1.82, 2.24) is 9.78 Å². The maximum absolute atomic E-state index is 11.8. The van der Waals surface area contributed by atoms with Crippen molar-refractivity contribution >= 4 is 17.6 Å². The highest BCUT2D eigenvalue weighted by Crippen LogP contribution is 2.18. The molecule has 1 heterocycles. The van der Waals surface area contributed by atoms with Gasteiger partial charge in [-0.1, -0.05) is 0 Å². The Morgan fingerprint density at radius 2 is 2.21 bits per heavy atom. The summed E-state index contributed by atoms with van der Waals surface area (Å²) in [6.07, 6.45) is 3.03. The van der Waals surface area contributed by atoms with Gasteiger partial charge in [-0.05, 0) is 27.7 Å². The van der Waals surface area contributed by atoms with E-state index in [1.54, 1.807) is 33.9 Å². The molecule has 0 bridgehead atoms. The molecule has 0 aromatic carbocycles. The molecule has 3 N–H and O–H groups in total. The fraction of sp³-hybridized carbons (Fsp3) is 0.583. The van der Waals surface area contributed by atoms with Crippen molar-refractivity contribution in [2.24, 2.45) is 5.73 Å². The smallest absolute Gasteiger partial charge is 0.333 e. The molecule has 7 nitrogen and oxygen atoms in total. The second kappa shape index (κ2) is 5.83. The van der Waals surface area contributed by atoms with Gasteiger partial charge in [0.15, 0.2) is 5.54 Å². The Kier molecular flexibility index (Phi) is 4.66. The maximum atomic E-state index is 11.8. The van der Waals surface area contributed by atoms with Crippen molar-refractivity contribution < 1.29 is 14.3 Å². The van der Waals surface area contributed by atoms with Gasteiger partial charge in [-0.3, -0.25) is 9.48 Å². The number of carbonyl (C=O) groups is 2. The monoisotopic (exact) mass is 268 g/mol. The van der Waals surface area contributed by atoms with E-state index in [0.29, 0.717) is 12.3 Å². The van der Waals surface area contributed by atoms with Crippen molar-refractivity contribution in [3.63, 3.8) is 0 Å². The highest BCUT2D eigenvalue weighted by molar-refractivity contribution is 5.94. The van der Waals surface area contributed by atoms with Crippen LogP contribution >= 0.6 is 0 Å². The number of aromatic nitrogens is 2. The molecular weight excluding hydrogens is 248 g/mol. The Morgan fingerprint density at radius 1 is 1.58 bits per heavy atom. The third-order valence-electron chi connectivity index (χ3n) is 2.61. The molecular formula is C12H20N4O3. The summed E-state index contributed by atoms with van der Waals surface area (Å²) in [5, 5.41) is 6.67. The predicted molar refractivity (Wildman–Crippen MR) is 70.5 cm³/mol. The largest absolute Gasteiger partial charge is 0.464 e. The van der Waals surface area contributed by atoms with Crippen molar-refractivity contribution in [1.29, 1.82) is 0 Å². The van der Waals surface area contributed by atoms with E-state index >= 15 is 0 Å². The van der Waals surface area contributed by atoms with Gasteiger partial charge < -0.3 is 15.8 Å². The molecule has 0 fully saturated rings. The molecule has 0 unspecified atom stereocenters. The molecule has 0 aliphatic carbocycles. The zero-order valence-electron chi connectivity index (χ0n) is 11.6. The second-order valence-corrected chi connectivity index (χ2v) is 4.73. The third kappa shape index (κ3) is 3.54. The predicted octanol–water partition coefficient (Wildman–Crippen LogP) is 0.467. The van der Waals surface area contributed by atoms with Gasteiger partial charge in [0.25, 0.3) is 0 Å². The van der Waals surface area contributed by atoms with E-state index in [-0.39, 0.29) is 11.9 Å². The van der Waals surface area contributed by atoms with Gasteiger partial charge >= 0.3 is 5.97 Å². The molecule has 0 spiro atoms. The number of anilines is 1. The summed E-state index contributed by atoms with van der Waals surface area (Å²) in [5.74, 6) is -0.698. The number of ether oxygens (including phenoxy) is 1. The van der Waals surface area contributed by atoms with E-state index in [9.17, 15) is 9.59 Å². The van der Waals surface area contributed by atoms with Crippen LogP contribution in [0.2, 0.25) is 0 Å². The van der Waals surface area contributed by atoms with Crippen molar-refractivity contribution in [2.45, 2.75) is 39.3 Å². The van der Waals surface area contributed by atoms with E-state index < -0.39 is 11.6 Å². The summed E-state index contributed by atoms with van der Waals surface area (Å²) >= 11 is 0. The number of esters is 1. The first-order valence-electron chi connectivity index (χ1n) is 6.07. The van der Waals surface area contributed by atoms with Gasteiger partial charge in [-0.25, -0.2) is 4.79 Å². The Bertz CT molecular complexity index is 465. The summed E-state index contributed by atoms with van der Waals surface area (Å²) < 4.78 is 6.43. The summed E-state index contributed by atoms with van der Waals surface area (Å²) in [7, 11) is 0. The van der Waals surface area contributed by atoms with Crippen molar-refractivity contribution in [2.75, 3.05) is 11.9 Å². The average Bonchev–Trinajstić information content (AvgIpc) is 2.78. The highest BCUT2D eigenvalue weighted by Gasteiger charge is 2.32. The fourth-order valence-electron chi connectivity index (χ4n) is 1.35. The van der Waals surface area contributed by atoms with Gasteiger partial charge in [0.05, 0.1) is 24.5 Å². The minimum Gasteiger partial charge on any atom is -0.464 e. The molecule has 7 heteroatoms. The Labute approximate surface area is 112 Å². The van der Waals surface area contributed by atoms with Crippen molar-refractivity contribution in [3.8, 4) is 0 Å². The number of carbonyl (C=O) groups excluding carboxylic acids is 2. The molecule has 0 aliphatic rings. The van der Waals surface area contributed by atoms with Crippen molar-refractivity contribution in [3.05, 3.63) is 12.4 Å². The minimum absolute atomic E-state index is 0.303. The standard InChI is InChI=1S/C12H20N4O3/c1-5-19-11(18)12(3,4)16-7-9(6-14-16)15-10(17)8(2)13/h6-8H,5,13H2,1-4H3,(H,15,17)/t8-/m0/s1. The van der Waals surface area contributed by atoms with Crippen LogP contribution in [-0.2, 0) is 19.9 Å². The second-order valence-electron chi connectivity index (χ2n) is 4.73. The zero-order chi connectivity index (χ0) is 14.6. The molecule has 0 aliphatic heterocycles. The Morgan fingerprint density at radius 3 is 2.74 bits per heavy atom. The molecule has 106 valence electrons. The quantitative estimate of drug-likeness (QED) is 0.756. The molecule has 1 amide bonds. The van der Waals surface area contributed by atoms with Gasteiger partial charge in [-0.15, -0.1) is 0 Å². The number of nitrogens with two attached hydrogens (primary N) is 1. The lowest BCUT2D eigenvalue weighted by Gasteiger charge is -2.22. The number of nitrogens with one attached hydrogen (secondary N) is 1. The number of nitrogens with zero attached hydrogens (tertiary/aromatic N) is 2. The summed E-state index contributed by atoms with van der Waals surface area (Å²) in [5.41, 5.74) is 5.00. The van der Waals surface area contributed by atoms with Crippen LogP contribution in [0, 0.1) is 0 Å². The number of amides is 1. The topological polar surface area (TPSA) is 99.2 Å². The van der Waals surface area contributed by atoms with Crippen LogP contribution in [0.3, 0.4) is 0 Å². The first kappa shape index (κ1) is 15.2. The number of hydrogen-bond acceptors (Lipinski definition) is 5. The van der Waals surface area contributed by atoms with Gasteiger partial charge in [0, 0.05) is 6.20 Å². The van der Waals surface area contributed by atoms with Gasteiger partial charge in [0.2, 0.25) is 5.91 Å². The molecule has 1 rings (SSSR count). The van der Waals surface area contributed by atoms with E-state index in [1.807, 2.05) is 0 Å². The molecule has 0 saturated heterocycles. The first-order chi connectivity index (χ1) is 8.78. The lowest BCUT2D eigenvalue weighted by molar-refractivity contribution is -0.152. The summed E-state index contributed by atoms with van der Waals surface area (Å²) in [6.45, 7) is 7.01. The number of hydrogen-bond donors (Lipinski definition) is 2. The molecule has 1 atom stereocenters. The van der Waals surface area contributed by atoms with E-state index in [0.717, 1.165) is 0 Å². The van der Waals surface area contributed by atoms with E-state index in [4.69, 9.17) is 10.5 Å². The normalized spacial score (nSPS) is 12.9. The minimum atomic E-state index is -0.937. The van der Waals surface area contributed by atoms with E-state index in [2.05, 4.69) is 10.4 Å². The Balaban J connectivity index is 2.84. The maximum Gasteiger partial charge on any atom is 0.333 e. The van der Waals surface area contributed by atoms with Crippen LogP contribution in [0.5, 0.6) is 0 Å². The van der Waals surface area contributed by atoms with Crippen LogP contribution in [0.15, 0.2) is 12.4 Å². The molecule has 0 saturated carbocycles. The fourth-order valence-corrected chi connectivity index (χ4v) is 1.35. The van der Waals surface area contributed by atoms with Crippen LogP contribution in [-0.4, -0.2) is 34.3 Å². The van der Waals surface area contributed by atoms with Crippen LogP contribution in [0.1, 0.15) is 27.7 Å². The summed E-state index contributed by atoms with van der Waals surface area (Å²) in [4.78, 5) is 23.3. The lowest BCUT2D eigenvalue weighted by atomic mass is 10.1. The SMILES string of the molecule is CCOC(=O)C(C)(C)n1cc(NC(=O)[C@H](C)N)cn1. The molecule has 19 heavy (non-hydrogen) atoms. The summed E-state index contributed by atoms with van der Waals surface area (Å²) in [6, 6.07) is -0.610. The van der Waals surface area contributed by atoms with Crippen LogP contribution < -0.4 is 11.1 Å². The molecule has 0 radical (unpaired) electrons. The van der Waals surface area contributed by atoms with Crippen LogP contribution in [0.4, 0.5) is 5.69 Å². The highest BCUT2D eigenvalue weighted by atomic mass is 16.5. The first-order valence-corrected chi connectivity index (χ1v) is 6.07. The van der Waals surface area contributed by atoms with Gasteiger partial charge in [-0.2, -0.15) is 5.10 Å². The zero-order valence-corrected chi connectivity index (χ0v) is 11.6. The van der Waals surface area contributed by atoms with Gasteiger partial charge in [0.1, 0.15) is 0 Å². The third-order valence-corrected chi connectivity index (χ3v) is 2.61. The lowest BCUT2D eigenvalue weighted by Crippen LogP contribution is -2.37. The Hall–Kier alpha value is -1.89. The average molecular weight is 268 g/mol. The molecule has 1 aromatic rings.